The maximum absolute atomic E-state index is 12.3. The normalized spacial score (nSPS) is 10.6. The van der Waals surface area contributed by atoms with E-state index in [1.807, 2.05) is 42.5 Å². The van der Waals surface area contributed by atoms with Gasteiger partial charge in [-0.15, -0.1) is 0 Å². The molecule has 2 amide bonds. The molecule has 0 atom stereocenters. The summed E-state index contributed by atoms with van der Waals surface area (Å²) in [7, 11) is 0. The van der Waals surface area contributed by atoms with Gasteiger partial charge in [0.1, 0.15) is 11.5 Å². The molecule has 7 nitrogen and oxygen atoms in total. The molecule has 4 aromatic carbocycles. The fourth-order valence-corrected chi connectivity index (χ4v) is 3.91. The van der Waals surface area contributed by atoms with Crippen molar-refractivity contribution >= 4 is 51.5 Å². The summed E-state index contributed by atoms with van der Waals surface area (Å²) in [5.74, 6) is 0.135. The van der Waals surface area contributed by atoms with Gasteiger partial charge in [0.2, 0.25) is 5.91 Å². The van der Waals surface area contributed by atoms with Gasteiger partial charge in [-0.05, 0) is 78.2 Å². The lowest BCUT2D eigenvalue weighted by Crippen LogP contribution is -2.21. The van der Waals surface area contributed by atoms with Crippen LogP contribution in [-0.4, -0.2) is 24.4 Å². The van der Waals surface area contributed by atoms with Crippen LogP contribution in [0.1, 0.15) is 24.8 Å². The molecule has 0 aliphatic rings. The fraction of sp³-hybridized carbons (Fsp3) is 0.167. The van der Waals surface area contributed by atoms with E-state index < -0.39 is 18.5 Å². The number of hydrogen-bond acceptors (Lipinski definition) is 5. The number of carbonyl (C=O) groups is 3. The van der Waals surface area contributed by atoms with E-state index in [4.69, 9.17) is 21.1 Å². The number of amides is 2. The Morgan fingerprint density at radius 2 is 1.50 bits per heavy atom. The van der Waals surface area contributed by atoms with Crippen molar-refractivity contribution < 1.29 is 23.9 Å². The summed E-state index contributed by atoms with van der Waals surface area (Å²) in [4.78, 5) is 36.2. The van der Waals surface area contributed by atoms with Crippen molar-refractivity contribution in [2.24, 2.45) is 0 Å². The van der Waals surface area contributed by atoms with Crippen LogP contribution in [-0.2, 0) is 19.1 Å². The Morgan fingerprint density at radius 3 is 2.29 bits per heavy atom. The summed E-state index contributed by atoms with van der Waals surface area (Å²) in [6, 6.07) is 26.2. The zero-order valence-corrected chi connectivity index (χ0v) is 21.6. The second-order valence-corrected chi connectivity index (χ2v) is 9.07. The number of hydrogen-bond donors (Lipinski definition) is 2. The monoisotopic (exact) mass is 530 g/mol. The first-order chi connectivity index (χ1) is 18.4. The average molecular weight is 531 g/mol. The van der Waals surface area contributed by atoms with Crippen LogP contribution in [0.2, 0.25) is 5.02 Å². The standard InChI is InChI=1S/C30H27ClN2O5/c1-20-26(31)8-4-9-27(20)33-29(35)19-37-30(36)11-5-10-28(34)32-23-13-16-24(17-14-23)38-25-15-12-21-6-2-3-7-22(21)18-25/h2-4,6-9,12-18H,5,10-11,19H2,1H3,(H,32,34)(H,33,35). The van der Waals surface area contributed by atoms with Crippen LogP contribution in [0.5, 0.6) is 11.5 Å². The number of anilines is 2. The molecule has 0 heterocycles. The van der Waals surface area contributed by atoms with Gasteiger partial charge in [0.15, 0.2) is 6.61 Å². The molecule has 0 bridgehead atoms. The van der Waals surface area contributed by atoms with E-state index >= 15 is 0 Å². The summed E-state index contributed by atoms with van der Waals surface area (Å²) < 4.78 is 10.9. The van der Waals surface area contributed by atoms with Crippen LogP contribution in [0.3, 0.4) is 0 Å². The number of esters is 1. The minimum Gasteiger partial charge on any atom is -0.457 e. The molecular weight excluding hydrogens is 504 g/mol. The molecule has 8 heteroatoms. The summed E-state index contributed by atoms with van der Waals surface area (Å²) in [5.41, 5.74) is 1.91. The van der Waals surface area contributed by atoms with E-state index in [9.17, 15) is 14.4 Å². The van der Waals surface area contributed by atoms with Crippen molar-refractivity contribution in [2.45, 2.75) is 26.2 Å². The molecule has 194 valence electrons. The third-order valence-electron chi connectivity index (χ3n) is 5.79. The number of nitrogens with one attached hydrogen (secondary N) is 2. The number of benzene rings is 4. The maximum Gasteiger partial charge on any atom is 0.306 e. The average Bonchev–Trinajstić information content (AvgIpc) is 2.91. The van der Waals surface area contributed by atoms with Crippen molar-refractivity contribution in [1.82, 2.24) is 0 Å². The molecular formula is C30H27ClN2O5. The molecule has 0 aliphatic carbocycles. The zero-order valence-electron chi connectivity index (χ0n) is 20.8. The van der Waals surface area contributed by atoms with Crippen molar-refractivity contribution in [3.8, 4) is 11.5 Å². The SMILES string of the molecule is Cc1c(Cl)cccc1NC(=O)COC(=O)CCCC(=O)Nc1ccc(Oc2ccc3ccccc3c2)cc1. The fourth-order valence-electron chi connectivity index (χ4n) is 3.74. The highest BCUT2D eigenvalue weighted by atomic mass is 35.5. The van der Waals surface area contributed by atoms with Gasteiger partial charge < -0.3 is 20.1 Å². The Morgan fingerprint density at radius 1 is 0.763 bits per heavy atom. The first-order valence-electron chi connectivity index (χ1n) is 12.1. The smallest absolute Gasteiger partial charge is 0.306 e. The molecule has 0 fully saturated rings. The van der Waals surface area contributed by atoms with Crippen LogP contribution >= 0.6 is 11.6 Å². The molecule has 38 heavy (non-hydrogen) atoms. The molecule has 4 aromatic rings. The Hall–Kier alpha value is -4.36. The highest BCUT2D eigenvalue weighted by molar-refractivity contribution is 6.31. The summed E-state index contributed by atoms with van der Waals surface area (Å²) in [6.07, 6.45) is 0.455. The quantitative estimate of drug-likeness (QED) is 0.218. The predicted octanol–water partition coefficient (Wildman–Crippen LogP) is 6.88. The predicted molar refractivity (Wildman–Crippen MR) is 149 cm³/mol. The van der Waals surface area contributed by atoms with E-state index in [-0.39, 0.29) is 18.7 Å². The topological polar surface area (TPSA) is 93.7 Å². The van der Waals surface area contributed by atoms with Gasteiger partial charge >= 0.3 is 5.97 Å². The second-order valence-electron chi connectivity index (χ2n) is 8.66. The number of halogens is 1. The zero-order chi connectivity index (χ0) is 26.9. The van der Waals surface area contributed by atoms with Crippen LogP contribution < -0.4 is 15.4 Å². The van der Waals surface area contributed by atoms with Gasteiger partial charge in [0, 0.05) is 29.2 Å². The highest BCUT2D eigenvalue weighted by Crippen LogP contribution is 2.27. The van der Waals surface area contributed by atoms with Crippen LogP contribution in [0, 0.1) is 6.92 Å². The molecule has 2 N–H and O–H groups in total. The minimum absolute atomic E-state index is 0.0232. The van der Waals surface area contributed by atoms with E-state index in [1.54, 1.807) is 49.4 Å². The highest BCUT2D eigenvalue weighted by Gasteiger charge is 2.11. The molecule has 0 saturated heterocycles. The van der Waals surface area contributed by atoms with Crippen molar-refractivity contribution in [1.29, 1.82) is 0 Å². The third-order valence-corrected chi connectivity index (χ3v) is 6.19. The van der Waals surface area contributed by atoms with Crippen molar-refractivity contribution in [3.05, 3.63) is 95.5 Å². The van der Waals surface area contributed by atoms with E-state index in [0.29, 0.717) is 28.6 Å². The molecule has 4 rings (SSSR count). The summed E-state index contributed by atoms with van der Waals surface area (Å²) in [5, 5.41) is 8.22. The van der Waals surface area contributed by atoms with Crippen molar-refractivity contribution in [3.63, 3.8) is 0 Å². The minimum atomic E-state index is -0.550. The summed E-state index contributed by atoms with van der Waals surface area (Å²) >= 11 is 6.04. The largest absolute Gasteiger partial charge is 0.457 e. The number of rotatable bonds is 10. The first kappa shape index (κ1) is 26.7. The first-order valence-corrected chi connectivity index (χ1v) is 12.5. The lowest BCUT2D eigenvalue weighted by Gasteiger charge is -2.10. The molecule has 0 aliphatic heterocycles. The van der Waals surface area contributed by atoms with Crippen LogP contribution in [0.15, 0.2) is 84.9 Å². The molecule has 0 saturated carbocycles. The van der Waals surface area contributed by atoms with Gasteiger partial charge in [0.05, 0.1) is 0 Å². The van der Waals surface area contributed by atoms with Gasteiger partial charge in [-0.25, -0.2) is 0 Å². The van der Waals surface area contributed by atoms with Gasteiger partial charge in [-0.2, -0.15) is 0 Å². The number of ether oxygens (including phenoxy) is 2. The Labute approximate surface area is 225 Å². The maximum atomic E-state index is 12.3. The third kappa shape index (κ3) is 7.57. The van der Waals surface area contributed by atoms with Crippen LogP contribution in [0.4, 0.5) is 11.4 Å². The second kappa shape index (κ2) is 12.7. The van der Waals surface area contributed by atoms with Gasteiger partial charge in [-0.1, -0.05) is 48.0 Å². The van der Waals surface area contributed by atoms with E-state index in [2.05, 4.69) is 10.6 Å². The van der Waals surface area contributed by atoms with Gasteiger partial charge in [-0.3, -0.25) is 14.4 Å². The summed E-state index contributed by atoms with van der Waals surface area (Å²) in [6.45, 7) is 1.37. The van der Waals surface area contributed by atoms with Crippen LogP contribution in [0.25, 0.3) is 10.8 Å². The number of carbonyl (C=O) groups excluding carboxylic acids is 3. The Kier molecular flexibility index (Phi) is 8.95. The van der Waals surface area contributed by atoms with E-state index in [1.165, 1.54) is 0 Å². The molecule has 0 spiro atoms. The van der Waals surface area contributed by atoms with Crippen molar-refractivity contribution in [2.75, 3.05) is 17.2 Å². The Balaban J connectivity index is 1.15. The number of fused-ring (bicyclic) bond motifs is 1. The Bertz CT molecular complexity index is 1450. The molecule has 0 aromatic heterocycles. The lowest BCUT2D eigenvalue weighted by atomic mass is 10.1. The molecule has 0 unspecified atom stereocenters. The molecule has 0 radical (unpaired) electrons. The lowest BCUT2D eigenvalue weighted by molar-refractivity contribution is -0.147. The van der Waals surface area contributed by atoms with Gasteiger partial charge in [0.25, 0.3) is 5.91 Å². The van der Waals surface area contributed by atoms with E-state index in [0.717, 1.165) is 22.1 Å².